The van der Waals surface area contributed by atoms with Crippen molar-refractivity contribution >= 4 is 34.9 Å². The molecular weight excluding hydrogens is 443 g/mol. The minimum Gasteiger partial charge on any atom is -0.481 e. The molecule has 0 unspecified atom stereocenters. The lowest BCUT2D eigenvalue weighted by atomic mass is 10.1. The van der Waals surface area contributed by atoms with Crippen LogP contribution < -0.4 is 17.0 Å². The number of hydrogen-bond acceptors (Lipinski definition) is 4. The van der Waals surface area contributed by atoms with Crippen LogP contribution in [0.1, 0.15) is 18.1 Å². The van der Waals surface area contributed by atoms with E-state index in [-0.39, 0.29) is 18.7 Å². The van der Waals surface area contributed by atoms with Crippen LogP contribution in [-0.4, -0.2) is 25.2 Å². The Balaban J connectivity index is 2.22. The summed E-state index contributed by atoms with van der Waals surface area (Å²) in [6.07, 6.45) is 0. The van der Waals surface area contributed by atoms with Crippen LogP contribution in [0.5, 0.6) is 0 Å². The van der Waals surface area contributed by atoms with Crippen LogP contribution >= 0.6 is 23.2 Å². The fraction of sp³-hybridized carbons (Fsp3) is 0.238. The molecule has 1 heterocycles. The summed E-state index contributed by atoms with van der Waals surface area (Å²) in [6.45, 7) is 3.21. The largest absolute Gasteiger partial charge is 0.481 e. The number of carboxylic acids is 1. The maximum Gasteiger partial charge on any atom is 0.335 e. The van der Waals surface area contributed by atoms with E-state index in [1.165, 1.54) is 17.6 Å². The van der Waals surface area contributed by atoms with Crippen LogP contribution in [0.3, 0.4) is 0 Å². The van der Waals surface area contributed by atoms with Gasteiger partial charge >= 0.3 is 17.3 Å². The second kappa shape index (κ2) is 9.36. The van der Waals surface area contributed by atoms with Gasteiger partial charge in [0.1, 0.15) is 0 Å². The predicted molar refractivity (Wildman–Crippen MR) is 118 cm³/mol. The van der Waals surface area contributed by atoms with E-state index in [4.69, 9.17) is 23.2 Å². The number of aliphatic carboxylic acids is 1. The number of nitrogens with zero attached hydrogens (tertiary/aromatic N) is 3. The molecule has 0 aliphatic heterocycles. The van der Waals surface area contributed by atoms with Gasteiger partial charge in [-0.15, -0.1) is 0 Å². The van der Waals surface area contributed by atoms with Crippen LogP contribution in [0, 0.1) is 12.8 Å². The Bertz CT molecular complexity index is 1290. The standard InChI is InChI=1S/C21H20Cl2N4O4/c1-12-3-5-14(6-4-12)11-26-19(24-17-8-15(22)7-16(23)9-17)25-20(30)27(21(26)31)10-13(2)18(28)29/h3-9,13H,10-11H2,1-2H3,(H,28,29)(H,24,25,30)/t13-/m0/s1. The van der Waals surface area contributed by atoms with Crippen molar-refractivity contribution in [3.63, 3.8) is 0 Å². The molecule has 162 valence electrons. The van der Waals surface area contributed by atoms with Gasteiger partial charge in [0.15, 0.2) is 0 Å². The van der Waals surface area contributed by atoms with E-state index in [0.29, 0.717) is 15.7 Å². The molecule has 3 rings (SSSR count). The molecular formula is C21H20Cl2N4O4. The molecule has 0 aliphatic carbocycles. The monoisotopic (exact) mass is 462 g/mol. The second-order valence-corrected chi connectivity index (χ2v) is 8.07. The van der Waals surface area contributed by atoms with Gasteiger partial charge in [-0.05, 0) is 30.7 Å². The van der Waals surface area contributed by atoms with Crippen molar-refractivity contribution in [2.24, 2.45) is 10.9 Å². The number of aromatic nitrogens is 3. The summed E-state index contributed by atoms with van der Waals surface area (Å²) in [5.74, 6) is -2.04. The van der Waals surface area contributed by atoms with Crippen molar-refractivity contribution in [3.8, 4) is 0 Å². The first-order valence-electron chi connectivity index (χ1n) is 9.37. The van der Waals surface area contributed by atoms with E-state index in [0.717, 1.165) is 15.7 Å². The van der Waals surface area contributed by atoms with Crippen molar-refractivity contribution in [3.05, 3.63) is 90.2 Å². The van der Waals surface area contributed by atoms with Crippen molar-refractivity contribution < 1.29 is 9.90 Å². The smallest absolute Gasteiger partial charge is 0.335 e. The lowest BCUT2D eigenvalue weighted by Crippen LogP contribution is -2.51. The summed E-state index contributed by atoms with van der Waals surface area (Å²) in [5.41, 5.74) is 0.768. The van der Waals surface area contributed by atoms with Crippen LogP contribution in [-0.2, 0) is 17.9 Å². The molecule has 1 atom stereocenters. The Hall–Kier alpha value is -3.10. The van der Waals surface area contributed by atoms with Crippen LogP contribution in [0.4, 0.5) is 5.69 Å². The molecule has 0 saturated carbocycles. The Labute approximate surface area is 187 Å². The van der Waals surface area contributed by atoms with E-state index in [9.17, 15) is 19.5 Å². The minimum atomic E-state index is -1.11. The number of aryl methyl sites for hydroxylation is 1. The minimum absolute atomic E-state index is 0.00636. The molecule has 3 aromatic rings. The molecule has 10 heteroatoms. The van der Waals surface area contributed by atoms with Gasteiger partial charge < -0.3 is 5.11 Å². The lowest BCUT2D eigenvalue weighted by molar-refractivity contribution is -0.141. The zero-order valence-corrected chi connectivity index (χ0v) is 18.3. The molecule has 8 nitrogen and oxygen atoms in total. The van der Waals surface area contributed by atoms with Gasteiger partial charge in [0, 0.05) is 16.6 Å². The Morgan fingerprint density at radius 3 is 2.29 bits per heavy atom. The Morgan fingerprint density at radius 1 is 1.10 bits per heavy atom. The summed E-state index contributed by atoms with van der Waals surface area (Å²) in [6, 6.07) is 12.1. The van der Waals surface area contributed by atoms with E-state index in [1.54, 1.807) is 12.1 Å². The maximum atomic E-state index is 13.2. The molecule has 0 amide bonds. The van der Waals surface area contributed by atoms with E-state index in [1.807, 2.05) is 31.2 Å². The highest BCUT2D eigenvalue weighted by Crippen LogP contribution is 2.23. The molecule has 31 heavy (non-hydrogen) atoms. The summed E-state index contributed by atoms with van der Waals surface area (Å²) < 4.78 is 2.13. The highest BCUT2D eigenvalue weighted by atomic mass is 35.5. The first-order valence-corrected chi connectivity index (χ1v) is 10.1. The average molecular weight is 463 g/mol. The van der Waals surface area contributed by atoms with Crippen LogP contribution in [0.25, 0.3) is 0 Å². The maximum absolute atomic E-state index is 13.2. The molecule has 0 aliphatic rings. The van der Waals surface area contributed by atoms with Gasteiger partial charge in [0.25, 0.3) is 0 Å². The number of carbonyl (C=O) groups is 1. The van der Waals surface area contributed by atoms with E-state index >= 15 is 0 Å². The zero-order chi connectivity index (χ0) is 22.7. The molecule has 0 bridgehead atoms. The third kappa shape index (κ3) is 5.53. The number of nitrogens with one attached hydrogen (secondary N) is 1. The number of carboxylic acid groups (broad SMARTS) is 1. The highest BCUT2D eigenvalue weighted by Gasteiger charge is 2.17. The third-order valence-electron chi connectivity index (χ3n) is 4.60. The number of aromatic amines is 1. The average Bonchev–Trinajstić information content (AvgIpc) is 2.68. The van der Waals surface area contributed by atoms with Crippen LogP contribution in [0.15, 0.2) is 57.0 Å². The predicted octanol–water partition coefficient (Wildman–Crippen LogP) is 2.95. The summed E-state index contributed by atoms with van der Waals surface area (Å²) in [5, 5.41) is 9.88. The van der Waals surface area contributed by atoms with E-state index < -0.39 is 23.3 Å². The summed E-state index contributed by atoms with van der Waals surface area (Å²) >= 11 is 12.1. The van der Waals surface area contributed by atoms with Crippen molar-refractivity contribution in [2.75, 3.05) is 0 Å². The molecule has 0 saturated heterocycles. The molecule has 0 radical (unpaired) electrons. The zero-order valence-electron chi connectivity index (χ0n) is 16.8. The second-order valence-electron chi connectivity index (χ2n) is 7.20. The highest BCUT2D eigenvalue weighted by molar-refractivity contribution is 6.35. The number of rotatable bonds is 6. The molecule has 2 N–H and O–H groups in total. The lowest BCUT2D eigenvalue weighted by Gasteiger charge is -2.13. The number of hydrogen-bond donors (Lipinski definition) is 2. The SMILES string of the molecule is Cc1ccc(Cn2c(=O)n(C[C@H](C)C(=O)O)c(=O)[nH]/c2=N\c2cc(Cl)cc(Cl)c2)cc1. The van der Waals surface area contributed by atoms with Gasteiger partial charge in [-0.25, -0.2) is 19.1 Å². The molecule has 0 fully saturated rings. The van der Waals surface area contributed by atoms with Crippen molar-refractivity contribution in [1.29, 1.82) is 0 Å². The summed E-state index contributed by atoms with van der Waals surface area (Å²) in [7, 11) is 0. The van der Waals surface area contributed by atoms with Crippen molar-refractivity contribution in [1.82, 2.24) is 14.1 Å². The van der Waals surface area contributed by atoms with Gasteiger partial charge in [0.05, 0.1) is 18.2 Å². The Morgan fingerprint density at radius 2 is 1.71 bits per heavy atom. The molecule has 2 aromatic carbocycles. The third-order valence-corrected chi connectivity index (χ3v) is 5.04. The van der Waals surface area contributed by atoms with Gasteiger partial charge in [0.2, 0.25) is 5.62 Å². The Kier molecular flexibility index (Phi) is 6.82. The molecule has 0 spiro atoms. The van der Waals surface area contributed by atoms with E-state index in [2.05, 4.69) is 9.98 Å². The number of halogens is 2. The van der Waals surface area contributed by atoms with Gasteiger partial charge in [-0.3, -0.25) is 14.3 Å². The number of H-pyrrole nitrogens is 1. The molecule has 1 aromatic heterocycles. The van der Waals surface area contributed by atoms with Crippen molar-refractivity contribution in [2.45, 2.75) is 26.9 Å². The van der Waals surface area contributed by atoms with Gasteiger partial charge in [-0.1, -0.05) is 60.0 Å². The summed E-state index contributed by atoms with van der Waals surface area (Å²) in [4.78, 5) is 43.9. The first kappa shape index (κ1) is 22.6. The number of benzene rings is 2. The fourth-order valence-corrected chi connectivity index (χ4v) is 3.41. The fourth-order valence-electron chi connectivity index (χ4n) is 2.90. The van der Waals surface area contributed by atoms with Gasteiger partial charge in [-0.2, -0.15) is 0 Å². The first-order chi connectivity index (χ1) is 14.6. The van der Waals surface area contributed by atoms with Crippen LogP contribution in [0.2, 0.25) is 10.0 Å². The topological polar surface area (TPSA) is 109 Å². The normalized spacial score (nSPS) is 12.7. The quantitative estimate of drug-likeness (QED) is 0.586.